The number of hydrogen-bond acceptors (Lipinski definition) is 1. The van der Waals surface area contributed by atoms with Crippen LogP contribution in [0.25, 0.3) is 6.08 Å². The van der Waals surface area contributed by atoms with Crippen LogP contribution < -0.4 is 5.32 Å². The van der Waals surface area contributed by atoms with E-state index in [0.717, 1.165) is 18.2 Å². The van der Waals surface area contributed by atoms with E-state index in [2.05, 4.69) is 5.32 Å². The fraction of sp³-hybridized carbons (Fsp3) is 0.0625. The van der Waals surface area contributed by atoms with Crippen LogP contribution in [0.2, 0.25) is 15.1 Å². The lowest BCUT2D eigenvalue weighted by Crippen LogP contribution is -2.08. The van der Waals surface area contributed by atoms with Gasteiger partial charge in [-0.3, -0.25) is 4.79 Å². The van der Waals surface area contributed by atoms with Crippen molar-refractivity contribution in [3.05, 3.63) is 68.7 Å². The van der Waals surface area contributed by atoms with Crippen molar-refractivity contribution in [2.24, 2.45) is 0 Å². The predicted molar refractivity (Wildman–Crippen MR) is 90.6 cm³/mol. The van der Waals surface area contributed by atoms with Crippen molar-refractivity contribution in [1.29, 1.82) is 0 Å². The van der Waals surface area contributed by atoms with Crippen molar-refractivity contribution >= 4 is 52.5 Å². The van der Waals surface area contributed by atoms with Crippen molar-refractivity contribution in [3.8, 4) is 0 Å². The molecule has 0 aromatic heterocycles. The zero-order valence-electron chi connectivity index (χ0n) is 11.8. The summed E-state index contributed by atoms with van der Waals surface area (Å²) in [6, 6.07) is 7.88. The minimum atomic E-state index is -4.57. The summed E-state index contributed by atoms with van der Waals surface area (Å²) in [4.78, 5) is 11.9. The molecule has 24 heavy (non-hydrogen) atoms. The lowest BCUT2D eigenvalue weighted by molar-refractivity contribution is -0.137. The largest absolute Gasteiger partial charge is 0.417 e. The molecule has 0 fully saturated rings. The minimum absolute atomic E-state index is 0.180. The van der Waals surface area contributed by atoms with Gasteiger partial charge in [-0.1, -0.05) is 40.9 Å². The molecular formula is C16H9Cl3F3NO. The maximum absolute atomic E-state index is 12.8. The molecule has 0 spiro atoms. The van der Waals surface area contributed by atoms with Gasteiger partial charge >= 0.3 is 6.18 Å². The highest BCUT2D eigenvalue weighted by molar-refractivity contribution is 6.35. The monoisotopic (exact) mass is 393 g/mol. The van der Waals surface area contributed by atoms with E-state index in [9.17, 15) is 18.0 Å². The standard InChI is InChI=1S/C16H9Cl3F3NO/c17-10-3-5-13(19)14(8-10)23-15(24)6-2-9-1-4-12(18)11(7-9)16(20,21)22/h1-8H,(H,23,24)/b6-2+. The van der Waals surface area contributed by atoms with E-state index in [1.807, 2.05) is 0 Å². The third-order valence-corrected chi connectivity index (χ3v) is 3.80. The average Bonchev–Trinajstić information content (AvgIpc) is 2.49. The molecule has 0 radical (unpaired) electrons. The lowest BCUT2D eigenvalue weighted by atomic mass is 10.1. The maximum Gasteiger partial charge on any atom is 0.417 e. The average molecular weight is 395 g/mol. The summed E-state index contributed by atoms with van der Waals surface area (Å²) in [6.07, 6.45) is -2.25. The smallest absolute Gasteiger partial charge is 0.321 e. The Morgan fingerprint density at radius 1 is 1.00 bits per heavy atom. The molecule has 1 N–H and O–H groups in total. The molecular weight excluding hydrogens is 386 g/mol. The second kappa shape index (κ2) is 7.47. The van der Waals surface area contributed by atoms with Gasteiger partial charge in [0.2, 0.25) is 5.91 Å². The second-order valence-electron chi connectivity index (χ2n) is 4.68. The highest BCUT2D eigenvalue weighted by Crippen LogP contribution is 2.35. The number of halogens is 6. The number of anilines is 1. The molecule has 0 aliphatic carbocycles. The molecule has 1 amide bonds. The molecule has 0 aliphatic rings. The van der Waals surface area contributed by atoms with Crippen molar-refractivity contribution in [2.45, 2.75) is 6.18 Å². The quantitative estimate of drug-likeness (QED) is 0.607. The summed E-state index contributed by atoms with van der Waals surface area (Å²) >= 11 is 17.2. The first kappa shape index (κ1) is 18.6. The fourth-order valence-corrected chi connectivity index (χ4v) is 2.36. The van der Waals surface area contributed by atoms with E-state index in [4.69, 9.17) is 34.8 Å². The first-order valence-corrected chi connectivity index (χ1v) is 7.61. The fourth-order valence-electron chi connectivity index (χ4n) is 1.80. The van der Waals surface area contributed by atoms with Crippen LogP contribution in [0.1, 0.15) is 11.1 Å². The zero-order valence-corrected chi connectivity index (χ0v) is 14.1. The predicted octanol–water partition coefficient (Wildman–Crippen LogP) is 6.32. The second-order valence-corrected chi connectivity index (χ2v) is 5.93. The van der Waals surface area contributed by atoms with E-state index in [1.54, 1.807) is 6.07 Å². The van der Waals surface area contributed by atoms with E-state index in [1.165, 1.54) is 24.3 Å². The molecule has 0 heterocycles. The Kier molecular flexibility index (Phi) is 5.80. The van der Waals surface area contributed by atoms with Crippen LogP contribution in [0.15, 0.2) is 42.5 Å². The van der Waals surface area contributed by atoms with Crippen LogP contribution >= 0.6 is 34.8 Å². The molecule has 126 valence electrons. The number of hydrogen-bond donors (Lipinski definition) is 1. The number of rotatable bonds is 3. The number of carbonyl (C=O) groups excluding carboxylic acids is 1. The van der Waals surface area contributed by atoms with Gasteiger partial charge in [-0.2, -0.15) is 13.2 Å². The van der Waals surface area contributed by atoms with Gasteiger partial charge in [0.25, 0.3) is 0 Å². The Morgan fingerprint density at radius 3 is 2.33 bits per heavy atom. The molecule has 2 rings (SSSR count). The molecule has 0 bridgehead atoms. The number of alkyl halides is 3. The SMILES string of the molecule is O=C(/C=C/c1ccc(Cl)c(C(F)(F)F)c1)Nc1cc(Cl)ccc1Cl. The zero-order chi connectivity index (χ0) is 17.9. The van der Waals surface area contributed by atoms with Crippen molar-refractivity contribution in [3.63, 3.8) is 0 Å². The lowest BCUT2D eigenvalue weighted by Gasteiger charge is -2.09. The van der Waals surface area contributed by atoms with Crippen LogP contribution in [0, 0.1) is 0 Å². The van der Waals surface area contributed by atoms with Gasteiger partial charge in [0.05, 0.1) is 21.3 Å². The first-order valence-electron chi connectivity index (χ1n) is 6.47. The highest BCUT2D eigenvalue weighted by atomic mass is 35.5. The molecule has 0 saturated heterocycles. The van der Waals surface area contributed by atoms with E-state index in [-0.39, 0.29) is 10.6 Å². The number of benzene rings is 2. The molecule has 0 unspecified atom stereocenters. The normalized spacial score (nSPS) is 11.8. The van der Waals surface area contributed by atoms with Crippen molar-refractivity contribution in [2.75, 3.05) is 5.32 Å². The Balaban J connectivity index is 2.16. The highest BCUT2D eigenvalue weighted by Gasteiger charge is 2.33. The summed E-state index contributed by atoms with van der Waals surface area (Å²) in [6.45, 7) is 0. The molecule has 0 atom stereocenters. The van der Waals surface area contributed by atoms with Gasteiger partial charge in [0.15, 0.2) is 0 Å². The summed E-state index contributed by atoms with van der Waals surface area (Å²) < 4.78 is 38.3. The van der Waals surface area contributed by atoms with E-state index < -0.39 is 22.7 Å². The van der Waals surface area contributed by atoms with Gasteiger partial charge < -0.3 is 5.32 Å². The maximum atomic E-state index is 12.8. The molecule has 2 nitrogen and oxygen atoms in total. The number of amides is 1. The number of nitrogens with one attached hydrogen (secondary N) is 1. The van der Waals surface area contributed by atoms with Gasteiger partial charge in [0.1, 0.15) is 0 Å². The van der Waals surface area contributed by atoms with Gasteiger partial charge in [0, 0.05) is 11.1 Å². The summed E-state index contributed by atoms with van der Waals surface area (Å²) in [5, 5.41) is 2.74. The van der Waals surface area contributed by atoms with Crippen molar-refractivity contribution < 1.29 is 18.0 Å². The van der Waals surface area contributed by atoms with Crippen LogP contribution in [-0.4, -0.2) is 5.91 Å². The van der Waals surface area contributed by atoms with Crippen molar-refractivity contribution in [1.82, 2.24) is 0 Å². The van der Waals surface area contributed by atoms with Crippen LogP contribution in [-0.2, 0) is 11.0 Å². The van der Waals surface area contributed by atoms with Gasteiger partial charge in [-0.15, -0.1) is 0 Å². The minimum Gasteiger partial charge on any atom is -0.321 e. The van der Waals surface area contributed by atoms with Gasteiger partial charge in [-0.25, -0.2) is 0 Å². The van der Waals surface area contributed by atoms with Gasteiger partial charge in [-0.05, 0) is 42.0 Å². The molecule has 0 aliphatic heterocycles. The third kappa shape index (κ3) is 4.90. The first-order chi connectivity index (χ1) is 11.2. The van der Waals surface area contributed by atoms with Crippen LogP contribution in [0.5, 0.6) is 0 Å². The Hall–Kier alpha value is -1.69. The molecule has 0 saturated carbocycles. The van der Waals surface area contributed by atoms with Crippen LogP contribution in [0.3, 0.4) is 0 Å². The summed E-state index contributed by atoms with van der Waals surface area (Å²) in [5.41, 5.74) is -0.491. The molecule has 8 heteroatoms. The topological polar surface area (TPSA) is 29.1 Å². The Labute approximate surface area is 150 Å². The third-order valence-electron chi connectivity index (χ3n) is 2.91. The number of carbonyl (C=O) groups is 1. The van der Waals surface area contributed by atoms with Crippen LogP contribution in [0.4, 0.5) is 18.9 Å². The Bertz CT molecular complexity index is 804. The Morgan fingerprint density at radius 2 is 1.67 bits per heavy atom. The summed E-state index contributed by atoms with van der Waals surface area (Å²) in [7, 11) is 0. The summed E-state index contributed by atoms with van der Waals surface area (Å²) in [5.74, 6) is -0.567. The van der Waals surface area contributed by atoms with E-state index in [0.29, 0.717) is 10.7 Å². The molecule has 2 aromatic carbocycles. The molecule has 2 aromatic rings. The van der Waals surface area contributed by atoms with E-state index >= 15 is 0 Å².